The van der Waals surface area contributed by atoms with Gasteiger partial charge in [0, 0.05) is 23.5 Å². The molecule has 0 spiro atoms. The van der Waals surface area contributed by atoms with Crippen molar-refractivity contribution in [3.63, 3.8) is 0 Å². The summed E-state index contributed by atoms with van der Waals surface area (Å²) in [5.74, 6) is 0. The molecule has 74 valence electrons. The van der Waals surface area contributed by atoms with Gasteiger partial charge in [0.1, 0.15) is 5.71 Å². The zero-order valence-electron chi connectivity index (χ0n) is 7.78. The van der Waals surface area contributed by atoms with Gasteiger partial charge in [0.2, 0.25) is 0 Å². The summed E-state index contributed by atoms with van der Waals surface area (Å²) in [6, 6.07) is 5.30. The van der Waals surface area contributed by atoms with E-state index in [4.69, 9.17) is 5.21 Å². The van der Waals surface area contributed by atoms with E-state index in [2.05, 4.69) is 20.3 Å². The lowest BCUT2D eigenvalue weighted by atomic mass is 10.1. The molecule has 5 heteroatoms. The summed E-state index contributed by atoms with van der Waals surface area (Å²) in [5, 5.41) is 19.6. The highest BCUT2D eigenvalue weighted by atomic mass is 16.4. The Balaban J connectivity index is 2.44. The molecule has 2 aromatic heterocycles. The van der Waals surface area contributed by atoms with E-state index in [0.717, 1.165) is 5.56 Å². The molecule has 0 unspecified atom stereocenters. The molecule has 0 radical (unpaired) electrons. The van der Waals surface area contributed by atoms with Gasteiger partial charge in [0.15, 0.2) is 0 Å². The molecule has 0 saturated carbocycles. The maximum Gasteiger partial charge on any atom is 0.120 e. The number of hydrogen-bond donors (Lipinski definition) is 1. The smallest absolute Gasteiger partial charge is 0.120 e. The molecule has 0 aliphatic carbocycles. The maximum absolute atomic E-state index is 8.94. The van der Waals surface area contributed by atoms with Gasteiger partial charge in [-0.15, -0.1) is 0 Å². The summed E-state index contributed by atoms with van der Waals surface area (Å²) >= 11 is 0. The van der Waals surface area contributed by atoms with Crippen LogP contribution in [0.3, 0.4) is 0 Å². The standard InChI is InChI=1S/C10H8N4O/c15-14-10(8-2-1-4-11-6-8)9-3-5-12-13-7-9/h1-7,15H/b14-10-. The maximum atomic E-state index is 8.94. The second-order valence-electron chi connectivity index (χ2n) is 2.82. The van der Waals surface area contributed by atoms with E-state index in [1.165, 1.54) is 12.4 Å². The van der Waals surface area contributed by atoms with Crippen molar-refractivity contribution in [2.24, 2.45) is 5.16 Å². The summed E-state index contributed by atoms with van der Waals surface area (Å²) < 4.78 is 0. The minimum absolute atomic E-state index is 0.429. The van der Waals surface area contributed by atoms with Gasteiger partial charge in [-0.1, -0.05) is 5.16 Å². The third kappa shape index (κ3) is 1.96. The lowest BCUT2D eigenvalue weighted by molar-refractivity contribution is 0.319. The number of oxime groups is 1. The SMILES string of the molecule is O/N=C(/c1cccnc1)c1ccnnc1. The van der Waals surface area contributed by atoms with Crippen molar-refractivity contribution in [3.05, 3.63) is 54.1 Å². The highest BCUT2D eigenvalue weighted by molar-refractivity contribution is 6.12. The van der Waals surface area contributed by atoms with Crippen molar-refractivity contribution in [1.29, 1.82) is 0 Å². The second-order valence-corrected chi connectivity index (χ2v) is 2.82. The molecule has 0 amide bonds. The van der Waals surface area contributed by atoms with Crippen LogP contribution in [0.5, 0.6) is 0 Å². The lowest BCUT2D eigenvalue weighted by Gasteiger charge is -2.02. The van der Waals surface area contributed by atoms with Crippen LogP contribution in [0.1, 0.15) is 11.1 Å². The van der Waals surface area contributed by atoms with Crippen molar-refractivity contribution >= 4 is 5.71 Å². The van der Waals surface area contributed by atoms with Crippen LogP contribution in [0.4, 0.5) is 0 Å². The number of rotatable bonds is 2. The molecule has 0 aliphatic rings. The third-order valence-electron chi connectivity index (χ3n) is 1.89. The Hall–Kier alpha value is -2.30. The Labute approximate surface area is 86.1 Å². The lowest BCUT2D eigenvalue weighted by Crippen LogP contribution is -2.04. The van der Waals surface area contributed by atoms with E-state index in [-0.39, 0.29) is 0 Å². The first-order chi connectivity index (χ1) is 7.42. The van der Waals surface area contributed by atoms with Crippen molar-refractivity contribution in [3.8, 4) is 0 Å². The van der Waals surface area contributed by atoms with E-state index in [0.29, 0.717) is 11.3 Å². The van der Waals surface area contributed by atoms with Crippen molar-refractivity contribution < 1.29 is 5.21 Å². The Morgan fingerprint density at radius 2 is 1.93 bits per heavy atom. The molecule has 0 saturated heterocycles. The molecule has 0 atom stereocenters. The molecule has 5 nitrogen and oxygen atoms in total. The number of nitrogens with zero attached hydrogens (tertiary/aromatic N) is 4. The molecule has 15 heavy (non-hydrogen) atoms. The molecular formula is C10H8N4O. The summed E-state index contributed by atoms with van der Waals surface area (Å²) in [5.41, 5.74) is 1.85. The van der Waals surface area contributed by atoms with Crippen LogP contribution >= 0.6 is 0 Å². The fourth-order valence-electron chi connectivity index (χ4n) is 1.22. The molecule has 0 bridgehead atoms. The van der Waals surface area contributed by atoms with E-state index in [1.807, 2.05) is 6.07 Å². The first-order valence-corrected chi connectivity index (χ1v) is 4.31. The van der Waals surface area contributed by atoms with Gasteiger partial charge in [-0.3, -0.25) is 4.98 Å². The minimum atomic E-state index is 0.429. The summed E-state index contributed by atoms with van der Waals surface area (Å²) in [4.78, 5) is 3.95. The van der Waals surface area contributed by atoms with Crippen LogP contribution in [-0.2, 0) is 0 Å². The number of aromatic nitrogens is 3. The van der Waals surface area contributed by atoms with Crippen LogP contribution in [0.2, 0.25) is 0 Å². The van der Waals surface area contributed by atoms with Crippen LogP contribution in [0, 0.1) is 0 Å². The highest BCUT2D eigenvalue weighted by Gasteiger charge is 2.07. The average Bonchev–Trinajstić information content (AvgIpc) is 2.33. The first kappa shape index (κ1) is 9.26. The van der Waals surface area contributed by atoms with Crippen molar-refractivity contribution in [2.75, 3.05) is 0 Å². The Kier molecular flexibility index (Phi) is 2.64. The van der Waals surface area contributed by atoms with Crippen LogP contribution in [-0.4, -0.2) is 26.1 Å². The Morgan fingerprint density at radius 3 is 2.53 bits per heavy atom. The summed E-state index contributed by atoms with van der Waals surface area (Å²) in [7, 11) is 0. The fourth-order valence-corrected chi connectivity index (χ4v) is 1.22. The van der Waals surface area contributed by atoms with Crippen molar-refractivity contribution in [1.82, 2.24) is 15.2 Å². The largest absolute Gasteiger partial charge is 0.410 e. The third-order valence-corrected chi connectivity index (χ3v) is 1.89. The predicted molar refractivity (Wildman–Crippen MR) is 53.7 cm³/mol. The minimum Gasteiger partial charge on any atom is -0.410 e. The Morgan fingerprint density at radius 1 is 1.07 bits per heavy atom. The van der Waals surface area contributed by atoms with Gasteiger partial charge >= 0.3 is 0 Å². The topological polar surface area (TPSA) is 71.3 Å². The van der Waals surface area contributed by atoms with Crippen molar-refractivity contribution in [2.45, 2.75) is 0 Å². The van der Waals surface area contributed by atoms with Crippen LogP contribution in [0.25, 0.3) is 0 Å². The first-order valence-electron chi connectivity index (χ1n) is 4.31. The molecule has 0 fully saturated rings. The fraction of sp³-hybridized carbons (Fsp3) is 0. The molecule has 1 N–H and O–H groups in total. The molecule has 2 heterocycles. The van der Waals surface area contributed by atoms with Gasteiger partial charge in [0.25, 0.3) is 0 Å². The molecule has 0 aromatic carbocycles. The quantitative estimate of drug-likeness (QED) is 0.447. The van der Waals surface area contributed by atoms with Crippen LogP contribution in [0.15, 0.2) is 48.1 Å². The predicted octanol–water partition coefficient (Wildman–Crippen LogP) is 1.10. The summed E-state index contributed by atoms with van der Waals surface area (Å²) in [6.07, 6.45) is 6.34. The molecular weight excluding hydrogens is 192 g/mol. The van der Waals surface area contributed by atoms with E-state index in [9.17, 15) is 0 Å². The zero-order valence-corrected chi connectivity index (χ0v) is 7.78. The zero-order chi connectivity index (χ0) is 10.5. The highest BCUT2D eigenvalue weighted by Crippen LogP contribution is 2.07. The monoisotopic (exact) mass is 200 g/mol. The Bertz CT molecular complexity index is 414. The van der Waals surface area contributed by atoms with Gasteiger partial charge in [-0.2, -0.15) is 10.2 Å². The van der Waals surface area contributed by atoms with Gasteiger partial charge < -0.3 is 5.21 Å². The second kappa shape index (κ2) is 4.28. The number of pyridine rings is 1. The van der Waals surface area contributed by atoms with E-state index in [1.54, 1.807) is 24.5 Å². The number of hydrogen-bond acceptors (Lipinski definition) is 5. The average molecular weight is 200 g/mol. The van der Waals surface area contributed by atoms with E-state index < -0.39 is 0 Å². The molecule has 2 rings (SSSR count). The molecule has 0 aliphatic heterocycles. The van der Waals surface area contributed by atoms with Gasteiger partial charge in [-0.05, 0) is 18.2 Å². The van der Waals surface area contributed by atoms with Gasteiger partial charge in [0.05, 0.1) is 12.4 Å². The molecule has 2 aromatic rings. The van der Waals surface area contributed by atoms with Gasteiger partial charge in [-0.25, -0.2) is 0 Å². The van der Waals surface area contributed by atoms with E-state index >= 15 is 0 Å². The van der Waals surface area contributed by atoms with Crippen LogP contribution < -0.4 is 0 Å². The normalized spacial score (nSPS) is 11.3. The summed E-state index contributed by atoms with van der Waals surface area (Å²) in [6.45, 7) is 0.